The van der Waals surface area contributed by atoms with Crippen molar-refractivity contribution in [3.63, 3.8) is 0 Å². The maximum Gasteiger partial charge on any atom is 0.308 e. The zero-order valence-electron chi connectivity index (χ0n) is 22.0. The van der Waals surface area contributed by atoms with Crippen molar-refractivity contribution in [1.82, 2.24) is 4.57 Å². The maximum atomic E-state index is 13.9. The number of fused-ring (bicyclic) bond motifs is 2. The number of halogens is 1. The summed E-state index contributed by atoms with van der Waals surface area (Å²) in [6.45, 7) is 1.72. The van der Waals surface area contributed by atoms with Crippen LogP contribution in [0.15, 0.2) is 87.1 Å². The summed E-state index contributed by atoms with van der Waals surface area (Å²) in [5, 5.41) is 2.62. The molecule has 0 bridgehead atoms. The molecule has 0 saturated carbocycles. The number of anilines is 2. The van der Waals surface area contributed by atoms with Crippen molar-refractivity contribution in [2.24, 2.45) is 5.92 Å². The summed E-state index contributed by atoms with van der Waals surface area (Å²) in [6, 6.07) is 21.8. The Labute approximate surface area is 252 Å². The van der Waals surface area contributed by atoms with Crippen molar-refractivity contribution in [3.05, 3.63) is 103 Å². The van der Waals surface area contributed by atoms with Gasteiger partial charge in [0.1, 0.15) is 17.5 Å². The van der Waals surface area contributed by atoms with Crippen LogP contribution in [0.4, 0.5) is 11.4 Å². The highest BCUT2D eigenvalue weighted by atomic mass is 79.9. The van der Waals surface area contributed by atoms with E-state index in [4.69, 9.17) is 4.74 Å². The number of hydrogen-bond donors (Lipinski definition) is 1. The average molecular weight is 651 g/mol. The fraction of sp³-hybridized carbons (Fsp3) is 0.200. The molecule has 1 saturated heterocycles. The first-order valence-corrected chi connectivity index (χ1v) is 15.3. The van der Waals surface area contributed by atoms with Crippen molar-refractivity contribution in [1.29, 1.82) is 0 Å². The van der Waals surface area contributed by atoms with Crippen LogP contribution in [0.25, 0.3) is 0 Å². The number of ether oxygens (including phenoxy) is 1. The summed E-state index contributed by atoms with van der Waals surface area (Å²) in [6.07, 6.45) is 0. The van der Waals surface area contributed by atoms with Gasteiger partial charge in [-0.1, -0.05) is 68.9 Å². The van der Waals surface area contributed by atoms with E-state index in [-0.39, 0.29) is 29.1 Å². The van der Waals surface area contributed by atoms with Gasteiger partial charge in [0.05, 0.1) is 23.7 Å². The predicted molar refractivity (Wildman–Crippen MR) is 163 cm³/mol. The molecule has 208 valence electrons. The molecule has 3 atom stereocenters. The van der Waals surface area contributed by atoms with Crippen molar-refractivity contribution >= 4 is 68.1 Å². The first kappa shape index (κ1) is 27.5. The van der Waals surface area contributed by atoms with Crippen LogP contribution >= 0.6 is 39.0 Å². The van der Waals surface area contributed by atoms with Crippen LogP contribution < -0.4 is 19.8 Å². The number of amides is 3. The van der Waals surface area contributed by atoms with Crippen LogP contribution in [0, 0.1) is 12.8 Å². The summed E-state index contributed by atoms with van der Waals surface area (Å²) in [4.78, 5) is 55.7. The van der Waals surface area contributed by atoms with Crippen LogP contribution in [0.3, 0.4) is 0 Å². The van der Waals surface area contributed by atoms with Gasteiger partial charge in [-0.3, -0.25) is 23.7 Å². The van der Waals surface area contributed by atoms with Crippen molar-refractivity contribution in [3.8, 4) is 5.75 Å². The second kappa shape index (κ2) is 11.0. The highest BCUT2D eigenvalue weighted by molar-refractivity contribution is 9.10. The second-order valence-electron chi connectivity index (χ2n) is 9.84. The molecule has 2 aliphatic heterocycles. The zero-order valence-corrected chi connectivity index (χ0v) is 25.2. The Morgan fingerprint density at radius 2 is 1.63 bits per heavy atom. The Kier molecular flexibility index (Phi) is 7.35. The molecule has 3 aromatic carbocycles. The number of aryl methyl sites for hydroxylation is 1. The van der Waals surface area contributed by atoms with Gasteiger partial charge < -0.3 is 10.1 Å². The first-order valence-electron chi connectivity index (χ1n) is 12.8. The topological polar surface area (TPSA) is 97.7 Å². The van der Waals surface area contributed by atoms with Gasteiger partial charge in [-0.25, -0.2) is 4.90 Å². The molecule has 0 aliphatic carbocycles. The van der Waals surface area contributed by atoms with E-state index in [2.05, 4.69) is 21.2 Å². The van der Waals surface area contributed by atoms with Gasteiger partial charge in [-0.15, -0.1) is 0 Å². The molecule has 8 nitrogen and oxygen atoms in total. The molecule has 0 radical (unpaired) electrons. The van der Waals surface area contributed by atoms with Crippen LogP contribution in [-0.2, 0) is 20.9 Å². The van der Waals surface area contributed by atoms with Gasteiger partial charge in [0.15, 0.2) is 0 Å². The summed E-state index contributed by atoms with van der Waals surface area (Å²) in [7, 11) is 1.56. The third-order valence-electron chi connectivity index (χ3n) is 7.25. The Balaban J connectivity index is 1.38. The van der Waals surface area contributed by atoms with Gasteiger partial charge in [0.25, 0.3) is 0 Å². The monoisotopic (exact) mass is 649 g/mol. The number of hydrogen-bond acceptors (Lipinski definition) is 7. The van der Waals surface area contributed by atoms with Gasteiger partial charge in [-0.2, -0.15) is 0 Å². The van der Waals surface area contributed by atoms with E-state index in [1.165, 1.54) is 21.2 Å². The number of aromatic nitrogens is 1. The van der Waals surface area contributed by atoms with E-state index in [1.807, 2.05) is 43.3 Å². The molecule has 2 aliphatic rings. The number of rotatable bonds is 6. The highest BCUT2D eigenvalue weighted by Crippen LogP contribution is 2.54. The molecule has 6 rings (SSSR count). The lowest BCUT2D eigenvalue weighted by molar-refractivity contribution is -0.122. The van der Waals surface area contributed by atoms with Gasteiger partial charge in [0, 0.05) is 21.0 Å². The third-order valence-corrected chi connectivity index (χ3v) is 10.4. The van der Waals surface area contributed by atoms with Gasteiger partial charge >= 0.3 is 4.87 Å². The standard InChI is InChI=1S/C30H24BrN3O5S2/c1-16-3-11-20(12-4-16)34-27(36)24-23(17-5-7-18(31)8-6-17)26-29(40-25(24)28(34)37)33(30(38)41-26)15-22(35)32-19-9-13-21(39-2)14-10-19/h3-14,23-25H,15H2,1-2H3,(H,32,35)/t23-,24?,25?/m1/s1. The molecule has 2 unspecified atom stereocenters. The summed E-state index contributed by atoms with van der Waals surface area (Å²) >= 11 is 5.69. The predicted octanol–water partition coefficient (Wildman–Crippen LogP) is 5.42. The fourth-order valence-corrected chi connectivity index (χ4v) is 8.29. The van der Waals surface area contributed by atoms with Gasteiger partial charge in [-0.05, 0) is 61.0 Å². The highest BCUT2D eigenvalue weighted by Gasteiger charge is 2.56. The maximum absolute atomic E-state index is 13.9. The van der Waals surface area contributed by atoms with Crippen LogP contribution in [0.5, 0.6) is 5.75 Å². The minimum Gasteiger partial charge on any atom is -0.497 e. The number of nitrogens with zero attached hydrogens (tertiary/aromatic N) is 2. The molecule has 4 aromatic rings. The largest absolute Gasteiger partial charge is 0.497 e. The van der Waals surface area contributed by atoms with E-state index in [1.54, 1.807) is 43.5 Å². The van der Waals surface area contributed by atoms with Crippen LogP contribution in [0.1, 0.15) is 21.9 Å². The molecule has 1 aromatic heterocycles. The summed E-state index contributed by atoms with van der Waals surface area (Å²) in [5.74, 6) is -1.54. The van der Waals surface area contributed by atoms with Crippen LogP contribution in [0.2, 0.25) is 0 Å². The molecule has 41 heavy (non-hydrogen) atoms. The summed E-state index contributed by atoms with van der Waals surface area (Å²) < 4.78 is 7.45. The SMILES string of the molecule is COc1ccc(NC(=O)Cn2c3c(sc2=O)[C@H](c2ccc(Br)cc2)C2C(=O)N(c4ccc(C)cc4)C(=O)C2S3)cc1. The number of methoxy groups -OCH3 is 1. The number of thioether (sulfide) groups is 1. The molecule has 3 heterocycles. The van der Waals surface area contributed by atoms with Crippen molar-refractivity contribution in [2.75, 3.05) is 17.3 Å². The Hall–Kier alpha value is -3.67. The molecular weight excluding hydrogens is 626 g/mol. The number of benzene rings is 3. The normalized spacial score (nSPS) is 19.6. The lowest BCUT2D eigenvalue weighted by atomic mass is 9.83. The number of nitrogens with one attached hydrogen (secondary N) is 1. The molecule has 0 spiro atoms. The zero-order chi connectivity index (χ0) is 28.8. The van der Waals surface area contributed by atoms with E-state index in [9.17, 15) is 19.2 Å². The molecule has 11 heteroatoms. The molecular formula is C30H24BrN3O5S2. The van der Waals surface area contributed by atoms with E-state index >= 15 is 0 Å². The van der Waals surface area contributed by atoms with Crippen molar-refractivity contribution in [2.45, 2.75) is 29.7 Å². The van der Waals surface area contributed by atoms with E-state index in [0.29, 0.717) is 27.0 Å². The minimum absolute atomic E-state index is 0.224. The minimum atomic E-state index is -0.741. The average Bonchev–Trinajstić information content (AvgIpc) is 3.40. The Morgan fingerprint density at radius 1 is 0.951 bits per heavy atom. The molecule has 1 fully saturated rings. The molecule has 1 N–H and O–H groups in total. The number of carbonyl (C=O) groups is 3. The first-order chi connectivity index (χ1) is 19.7. The lowest BCUT2D eigenvalue weighted by Crippen LogP contribution is -2.33. The molecule has 3 amide bonds. The number of imide groups is 1. The second-order valence-corrected chi connectivity index (χ2v) is 12.9. The third kappa shape index (κ3) is 5.02. The van der Waals surface area contributed by atoms with Crippen molar-refractivity contribution < 1.29 is 19.1 Å². The number of thiazole rings is 1. The lowest BCUT2D eigenvalue weighted by Gasteiger charge is -2.30. The van der Waals surface area contributed by atoms with E-state index in [0.717, 1.165) is 26.9 Å². The quantitative estimate of drug-likeness (QED) is 0.280. The summed E-state index contributed by atoms with van der Waals surface area (Å²) in [5.41, 5.74) is 2.94. The Bertz CT molecular complexity index is 1720. The van der Waals surface area contributed by atoms with Crippen LogP contribution in [-0.4, -0.2) is 34.6 Å². The van der Waals surface area contributed by atoms with Gasteiger partial charge in [0.2, 0.25) is 17.7 Å². The smallest absolute Gasteiger partial charge is 0.308 e. The number of carbonyl (C=O) groups excluding carboxylic acids is 3. The fourth-order valence-electron chi connectivity index (χ4n) is 5.25. The van der Waals surface area contributed by atoms with E-state index < -0.39 is 17.1 Å². The Morgan fingerprint density at radius 3 is 2.29 bits per heavy atom.